The fourth-order valence-electron chi connectivity index (χ4n) is 1.13. The highest BCUT2D eigenvalue weighted by atomic mass is 16.5. The summed E-state index contributed by atoms with van der Waals surface area (Å²) < 4.78 is 5.00. The molecular weight excluding hydrogens is 192 g/mol. The van der Waals surface area contributed by atoms with E-state index in [4.69, 9.17) is 4.74 Å². The molecule has 0 spiro atoms. The van der Waals surface area contributed by atoms with E-state index in [1.165, 1.54) is 0 Å². The molecule has 0 saturated carbocycles. The van der Waals surface area contributed by atoms with Gasteiger partial charge >= 0.3 is 0 Å². The minimum atomic E-state index is -1.10. The highest BCUT2D eigenvalue weighted by Crippen LogP contribution is 2.03. The highest BCUT2D eigenvalue weighted by Gasteiger charge is 2.16. The second-order valence-electron chi connectivity index (χ2n) is 3.07. The number of benzene rings is 1. The lowest BCUT2D eigenvalue weighted by Gasteiger charge is -2.09. The molecule has 1 aromatic rings. The number of rotatable bonds is 6. The number of hydrogen-bond donors (Lipinski definition) is 1. The van der Waals surface area contributed by atoms with E-state index in [0.717, 1.165) is 0 Å². The van der Waals surface area contributed by atoms with E-state index in [-0.39, 0.29) is 12.4 Å². The van der Waals surface area contributed by atoms with Crippen LogP contribution in [0.4, 0.5) is 0 Å². The Morgan fingerprint density at radius 1 is 1.47 bits per heavy atom. The predicted molar refractivity (Wildman–Crippen MR) is 57.8 cm³/mol. The first-order valence-electron chi connectivity index (χ1n) is 4.71. The SMILES string of the molecule is C=CCOCC(O)C(=O)c1ccccc1. The molecule has 0 bridgehead atoms. The molecule has 1 N–H and O–H groups in total. The van der Waals surface area contributed by atoms with Crippen molar-refractivity contribution in [3.8, 4) is 0 Å². The molecule has 1 aromatic carbocycles. The van der Waals surface area contributed by atoms with Gasteiger partial charge in [0.1, 0.15) is 6.10 Å². The monoisotopic (exact) mass is 206 g/mol. The van der Waals surface area contributed by atoms with E-state index in [2.05, 4.69) is 6.58 Å². The molecule has 0 aromatic heterocycles. The Balaban J connectivity index is 2.50. The zero-order valence-electron chi connectivity index (χ0n) is 8.43. The zero-order chi connectivity index (χ0) is 11.1. The van der Waals surface area contributed by atoms with Crippen molar-refractivity contribution in [3.05, 3.63) is 48.6 Å². The Bertz CT molecular complexity index is 319. The first-order chi connectivity index (χ1) is 7.25. The van der Waals surface area contributed by atoms with Gasteiger partial charge in [0.05, 0.1) is 13.2 Å². The van der Waals surface area contributed by atoms with Crippen LogP contribution in [0.5, 0.6) is 0 Å². The summed E-state index contributed by atoms with van der Waals surface area (Å²) in [6, 6.07) is 8.66. The van der Waals surface area contributed by atoms with E-state index in [1.54, 1.807) is 30.3 Å². The summed E-state index contributed by atoms with van der Waals surface area (Å²) in [5, 5.41) is 9.49. The summed E-state index contributed by atoms with van der Waals surface area (Å²) >= 11 is 0. The van der Waals surface area contributed by atoms with Gasteiger partial charge in [-0.15, -0.1) is 6.58 Å². The number of Topliss-reactive ketones (excluding diaryl/α,β-unsaturated/α-hetero) is 1. The number of carbonyl (C=O) groups is 1. The maximum atomic E-state index is 11.6. The van der Waals surface area contributed by atoms with Gasteiger partial charge in [-0.2, -0.15) is 0 Å². The van der Waals surface area contributed by atoms with Crippen molar-refractivity contribution in [2.75, 3.05) is 13.2 Å². The molecule has 0 aliphatic rings. The lowest BCUT2D eigenvalue weighted by Crippen LogP contribution is -2.26. The third-order valence-electron chi connectivity index (χ3n) is 1.87. The van der Waals surface area contributed by atoms with Gasteiger partial charge in [-0.3, -0.25) is 4.79 Å². The van der Waals surface area contributed by atoms with E-state index in [0.29, 0.717) is 12.2 Å². The van der Waals surface area contributed by atoms with Gasteiger partial charge in [0.15, 0.2) is 5.78 Å². The van der Waals surface area contributed by atoms with Crippen LogP contribution in [0.15, 0.2) is 43.0 Å². The molecule has 1 unspecified atom stereocenters. The molecule has 1 atom stereocenters. The van der Waals surface area contributed by atoms with Crippen LogP contribution in [0.25, 0.3) is 0 Å². The number of ether oxygens (including phenoxy) is 1. The summed E-state index contributed by atoms with van der Waals surface area (Å²) in [6.07, 6.45) is 0.465. The predicted octanol–water partition coefficient (Wildman–Crippen LogP) is 1.43. The van der Waals surface area contributed by atoms with Gasteiger partial charge in [0.25, 0.3) is 0 Å². The molecule has 0 radical (unpaired) electrons. The average Bonchev–Trinajstić information content (AvgIpc) is 2.29. The first-order valence-corrected chi connectivity index (χ1v) is 4.71. The third-order valence-corrected chi connectivity index (χ3v) is 1.87. The largest absolute Gasteiger partial charge is 0.382 e. The van der Waals surface area contributed by atoms with Crippen molar-refractivity contribution < 1.29 is 14.6 Å². The Morgan fingerprint density at radius 3 is 2.73 bits per heavy atom. The van der Waals surface area contributed by atoms with Crippen LogP contribution in [0.3, 0.4) is 0 Å². The Morgan fingerprint density at radius 2 is 2.13 bits per heavy atom. The van der Waals surface area contributed by atoms with Crippen LogP contribution < -0.4 is 0 Å². The minimum absolute atomic E-state index is 0.000250. The highest BCUT2D eigenvalue weighted by molar-refractivity contribution is 5.99. The van der Waals surface area contributed by atoms with E-state index >= 15 is 0 Å². The molecular formula is C12H14O3. The quantitative estimate of drug-likeness (QED) is 0.435. The summed E-state index contributed by atoms with van der Waals surface area (Å²) in [7, 11) is 0. The normalized spacial score (nSPS) is 12.1. The number of ketones is 1. The Hall–Kier alpha value is -1.45. The van der Waals surface area contributed by atoms with Gasteiger partial charge < -0.3 is 9.84 Å². The Labute approximate surface area is 89.0 Å². The second-order valence-corrected chi connectivity index (χ2v) is 3.07. The van der Waals surface area contributed by atoms with Crippen molar-refractivity contribution in [2.45, 2.75) is 6.10 Å². The molecule has 0 aliphatic heterocycles. The minimum Gasteiger partial charge on any atom is -0.382 e. The van der Waals surface area contributed by atoms with Gasteiger partial charge in [-0.25, -0.2) is 0 Å². The number of aliphatic hydroxyl groups excluding tert-OH is 1. The van der Waals surface area contributed by atoms with Gasteiger partial charge in [0.2, 0.25) is 0 Å². The summed E-state index contributed by atoms with van der Waals surface area (Å²) in [4.78, 5) is 11.6. The zero-order valence-corrected chi connectivity index (χ0v) is 8.43. The molecule has 3 nitrogen and oxygen atoms in total. The molecule has 0 fully saturated rings. The van der Waals surface area contributed by atoms with Crippen LogP contribution in [0.1, 0.15) is 10.4 Å². The topological polar surface area (TPSA) is 46.5 Å². The van der Waals surface area contributed by atoms with Crippen molar-refractivity contribution in [1.29, 1.82) is 0 Å². The summed E-state index contributed by atoms with van der Waals surface area (Å²) in [5.41, 5.74) is 0.493. The van der Waals surface area contributed by atoms with Crippen LogP contribution in [-0.4, -0.2) is 30.2 Å². The van der Waals surface area contributed by atoms with Crippen LogP contribution >= 0.6 is 0 Å². The van der Waals surface area contributed by atoms with Crippen molar-refractivity contribution in [3.63, 3.8) is 0 Å². The maximum Gasteiger partial charge on any atom is 0.193 e. The molecule has 80 valence electrons. The fraction of sp³-hybridized carbons (Fsp3) is 0.250. The van der Waals surface area contributed by atoms with E-state index in [1.807, 2.05) is 6.07 Å². The van der Waals surface area contributed by atoms with Gasteiger partial charge in [0, 0.05) is 5.56 Å². The third kappa shape index (κ3) is 3.65. The molecule has 0 aliphatic carbocycles. The lowest BCUT2D eigenvalue weighted by atomic mass is 10.1. The maximum absolute atomic E-state index is 11.6. The van der Waals surface area contributed by atoms with Crippen LogP contribution in [0, 0.1) is 0 Å². The standard InChI is InChI=1S/C12H14O3/c1-2-8-15-9-11(13)12(14)10-6-4-3-5-7-10/h2-7,11,13H,1,8-9H2. The van der Waals surface area contributed by atoms with Crippen molar-refractivity contribution in [1.82, 2.24) is 0 Å². The van der Waals surface area contributed by atoms with Crippen LogP contribution in [-0.2, 0) is 4.74 Å². The Kier molecular flexibility index (Phi) is 4.74. The van der Waals surface area contributed by atoms with Gasteiger partial charge in [-0.05, 0) is 0 Å². The summed E-state index contributed by atoms with van der Waals surface area (Å²) in [6.45, 7) is 3.80. The smallest absolute Gasteiger partial charge is 0.193 e. The lowest BCUT2D eigenvalue weighted by molar-refractivity contribution is 0.0401. The summed E-state index contributed by atoms with van der Waals surface area (Å²) in [5.74, 6) is -0.320. The number of carbonyl (C=O) groups excluding carboxylic acids is 1. The first kappa shape index (κ1) is 11.6. The fourth-order valence-corrected chi connectivity index (χ4v) is 1.13. The van der Waals surface area contributed by atoms with Gasteiger partial charge in [-0.1, -0.05) is 36.4 Å². The molecule has 1 rings (SSSR count). The van der Waals surface area contributed by atoms with E-state index < -0.39 is 6.10 Å². The number of aliphatic hydroxyl groups is 1. The average molecular weight is 206 g/mol. The molecule has 0 heterocycles. The molecule has 3 heteroatoms. The number of hydrogen-bond acceptors (Lipinski definition) is 3. The van der Waals surface area contributed by atoms with Crippen LogP contribution in [0.2, 0.25) is 0 Å². The molecule has 15 heavy (non-hydrogen) atoms. The van der Waals surface area contributed by atoms with Crippen molar-refractivity contribution in [2.24, 2.45) is 0 Å². The van der Waals surface area contributed by atoms with Crippen molar-refractivity contribution >= 4 is 5.78 Å². The van der Waals surface area contributed by atoms with E-state index in [9.17, 15) is 9.90 Å². The second kappa shape index (κ2) is 6.11. The molecule has 0 saturated heterocycles. The molecule has 0 amide bonds.